The number of amides is 1. The smallest absolute Gasteiger partial charge is 0.352 e. The Balaban J connectivity index is 1.77. The Bertz CT molecular complexity index is 1300. The molecule has 160 valence electrons. The molecule has 1 aromatic carbocycles. The van der Waals surface area contributed by atoms with E-state index in [4.69, 9.17) is 16.1 Å². The van der Waals surface area contributed by atoms with Crippen molar-refractivity contribution in [3.05, 3.63) is 58.2 Å². The highest BCUT2D eigenvalue weighted by atomic mass is 35.5. The standard InChI is InChI=1S/C22H20ClN3O4S/c1-22(2,3)21(29)24-14-6-4-5-12-9-15(20(27)28)26(19(12)14)11-13-10-16(30-25-13)17-7-8-18(23)31-17/h4-10H,11H2,1-3H3,(H,24,29)(H,27,28). The van der Waals surface area contributed by atoms with E-state index in [0.29, 0.717) is 32.4 Å². The highest BCUT2D eigenvalue weighted by Crippen LogP contribution is 2.33. The van der Waals surface area contributed by atoms with Crippen molar-refractivity contribution in [2.75, 3.05) is 5.32 Å². The van der Waals surface area contributed by atoms with Crippen molar-refractivity contribution in [2.24, 2.45) is 5.41 Å². The minimum atomic E-state index is -1.07. The summed E-state index contributed by atoms with van der Waals surface area (Å²) >= 11 is 7.36. The lowest BCUT2D eigenvalue weighted by Gasteiger charge is -2.19. The monoisotopic (exact) mass is 457 g/mol. The van der Waals surface area contributed by atoms with E-state index in [1.165, 1.54) is 11.3 Å². The number of halogens is 1. The van der Waals surface area contributed by atoms with Gasteiger partial charge in [0.05, 0.1) is 27.0 Å². The summed E-state index contributed by atoms with van der Waals surface area (Å²) in [6.07, 6.45) is 0. The van der Waals surface area contributed by atoms with E-state index in [1.54, 1.807) is 34.9 Å². The summed E-state index contributed by atoms with van der Waals surface area (Å²) in [6, 6.07) is 12.3. The first-order valence-electron chi connectivity index (χ1n) is 9.52. The highest BCUT2D eigenvalue weighted by Gasteiger charge is 2.24. The summed E-state index contributed by atoms with van der Waals surface area (Å²) < 4.78 is 7.70. The molecule has 0 unspecified atom stereocenters. The third-order valence-corrected chi connectivity index (χ3v) is 6.01. The molecule has 3 heterocycles. The number of hydrogen-bond donors (Lipinski definition) is 2. The summed E-state index contributed by atoms with van der Waals surface area (Å²) in [4.78, 5) is 25.3. The fourth-order valence-corrected chi connectivity index (χ4v) is 4.18. The van der Waals surface area contributed by atoms with Gasteiger partial charge in [0, 0.05) is 16.9 Å². The van der Waals surface area contributed by atoms with Crippen LogP contribution >= 0.6 is 22.9 Å². The number of nitrogens with one attached hydrogen (secondary N) is 1. The van der Waals surface area contributed by atoms with Gasteiger partial charge in [0.1, 0.15) is 11.4 Å². The van der Waals surface area contributed by atoms with Gasteiger partial charge >= 0.3 is 5.97 Å². The van der Waals surface area contributed by atoms with Crippen molar-refractivity contribution < 1.29 is 19.2 Å². The number of aromatic nitrogens is 2. The second-order valence-electron chi connectivity index (χ2n) is 8.15. The van der Waals surface area contributed by atoms with E-state index in [0.717, 1.165) is 4.88 Å². The molecule has 4 rings (SSSR count). The zero-order valence-corrected chi connectivity index (χ0v) is 18.7. The molecule has 0 aliphatic rings. The molecule has 0 saturated carbocycles. The second-order valence-corrected chi connectivity index (χ2v) is 9.87. The molecule has 0 spiro atoms. The van der Waals surface area contributed by atoms with E-state index < -0.39 is 11.4 Å². The number of carboxylic acid groups (broad SMARTS) is 1. The molecule has 0 aliphatic heterocycles. The lowest BCUT2D eigenvalue weighted by atomic mass is 9.95. The third-order valence-electron chi connectivity index (χ3n) is 4.76. The number of anilines is 1. The Morgan fingerprint density at radius 3 is 2.65 bits per heavy atom. The van der Waals surface area contributed by atoms with Gasteiger partial charge < -0.3 is 19.5 Å². The van der Waals surface area contributed by atoms with Gasteiger partial charge in [0.2, 0.25) is 5.91 Å². The summed E-state index contributed by atoms with van der Waals surface area (Å²) in [5.41, 5.74) is 1.20. The normalized spacial score (nSPS) is 11.7. The van der Waals surface area contributed by atoms with Crippen LogP contribution < -0.4 is 5.32 Å². The Labute approximate surface area is 187 Å². The predicted molar refractivity (Wildman–Crippen MR) is 121 cm³/mol. The Kier molecular flexibility index (Phi) is 5.36. The molecule has 3 aromatic heterocycles. The maximum Gasteiger partial charge on any atom is 0.352 e. The topological polar surface area (TPSA) is 97.4 Å². The maximum atomic E-state index is 12.6. The van der Waals surface area contributed by atoms with Crippen LogP contribution in [0.1, 0.15) is 37.0 Å². The van der Waals surface area contributed by atoms with Gasteiger partial charge in [-0.2, -0.15) is 0 Å². The highest BCUT2D eigenvalue weighted by molar-refractivity contribution is 7.19. The number of benzene rings is 1. The fraction of sp³-hybridized carbons (Fsp3) is 0.227. The molecule has 7 nitrogen and oxygen atoms in total. The van der Waals surface area contributed by atoms with Gasteiger partial charge in [-0.25, -0.2) is 4.79 Å². The van der Waals surface area contributed by atoms with Crippen molar-refractivity contribution in [3.63, 3.8) is 0 Å². The first-order chi connectivity index (χ1) is 14.6. The van der Waals surface area contributed by atoms with Gasteiger partial charge in [-0.15, -0.1) is 11.3 Å². The zero-order valence-electron chi connectivity index (χ0n) is 17.1. The van der Waals surface area contributed by atoms with Gasteiger partial charge in [0.25, 0.3) is 0 Å². The van der Waals surface area contributed by atoms with Crippen LogP contribution in [0.4, 0.5) is 5.69 Å². The third kappa shape index (κ3) is 4.22. The van der Waals surface area contributed by atoms with Crippen LogP contribution in [-0.4, -0.2) is 26.7 Å². The van der Waals surface area contributed by atoms with Gasteiger partial charge in [-0.05, 0) is 24.3 Å². The van der Waals surface area contributed by atoms with Crippen LogP contribution in [0, 0.1) is 5.41 Å². The molecule has 1 amide bonds. The van der Waals surface area contributed by atoms with Crippen molar-refractivity contribution >= 4 is 51.4 Å². The molecule has 31 heavy (non-hydrogen) atoms. The number of hydrogen-bond acceptors (Lipinski definition) is 5. The molecule has 0 aliphatic carbocycles. The number of rotatable bonds is 5. The lowest BCUT2D eigenvalue weighted by molar-refractivity contribution is -0.123. The molecular formula is C22H20ClN3O4S. The number of aromatic carboxylic acids is 1. The number of thiophene rings is 1. The summed E-state index contributed by atoms with van der Waals surface area (Å²) in [5, 5.41) is 17.5. The van der Waals surface area contributed by atoms with Crippen molar-refractivity contribution in [1.82, 2.24) is 9.72 Å². The second kappa shape index (κ2) is 7.86. The SMILES string of the molecule is CC(C)(C)C(=O)Nc1cccc2cc(C(=O)O)n(Cc3cc(-c4ccc(Cl)s4)on3)c12. The van der Waals surface area contributed by atoms with Crippen molar-refractivity contribution in [1.29, 1.82) is 0 Å². The molecular weight excluding hydrogens is 438 g/mol. The van der Waals surface area contributed by atoms with Crippen LogP contribution in [0.15, 0.2) is 47.0 Å². The van der Waals surface area contributed by atoms with E-state index in [9.17, 15) is 14.7 Å². The van der Waals surface area contributed by atoms with Gasteiger partial charge in [0.15, 0.2) is 5.76 Å². The largest absolute Gasteiger partial charge is 0.477 e. The Morgan fingerprint density at radius 2 is 2.00 bits per heavy atom. The first kappa shape index (κ1) is 21.1. The first-order valence-corrected chi connectivity index (χ1v) is 10.7. The lowest BCUT2D eigenvalue weighted by Crippen LogP contribution is -2.28. The van der Waals surface area contributed by atoms with Gasteiger partial charge in [-0.3, -0.25) is 4.79 Å². The van der Waals surface area contributed by atoms with Crippen LogP contribution in [0.3, 0.4) is 0 Å². The molecule has 0 radical (unpaired) electrons. The predicted octanol–water partition coefficient (Wildman–Crippen LogP) is 5.74. The number of nitrogens with zero attached hydrogens (tertiary/aromatic N) is 2. The van der Waals surface area contributed by atoms with Crippen LogP contribution in [0.5, 0.6) is 0 Å². The van der Waals surface area contributed by atoms with Crippen LogP contribution in [-0.2, 0) is 11.3 Å². The molecule has 0 bridgehead atoms. The van der Waals surface area contributed by atoms with Crippen molar-refractivity contribution in [2.45, 2.75) is 27.3 Å². The van der Waals surface area contributed by atoms with Gasteiger partial charge in [-0.1, -0.05) is 49.7 Å². The number of fused-ring (bicyclic) bond motifs is 1. The van der Waals surface area contributed by atoms with E-state index in [-0.39, 0.29) is 18.1 Å². The summed E-state index contributed by atoms with van der Waals surface area (Å²) in [6.45, 7) is 5.62. The fourth-order valence-electron chi connectivity index (χ4n) is 3.19. The molecule has 0 saturated heterocycles. The molecule has 0 atom stereocenters. The van der Waals surface area contributed by atoms with Crippen LogP contribution in [0.2, 0.25) is 4.34 Å². The zero-order chi connectivity index (χ0) is 22.3. The average molecular weight is 458 g/mol. The van der Waals surface area contributed by atoms with E-state index in [2.05, 4.69) is 10.5 Å². The Hall–Kier alpha value is -3.10. The van der Waals surface area contributed by atoms with E-state index >= 15 is 0 Å². The number of carbonyl (C=O) groups excluding carboxylic acids is 1. The molecule has 2 N–H and O–H groups in total. The summed E-state index contributed by atoms with van der Waals surface area (Å²) in [7, 11) is 0. The maximum absolute atomic E-state index is 12.6. The molecule has 4 aromatic rings. The number of para-hydroxylation sites is 1. The molecule has 9 heteroatoms. The van der Waals surface area contributed by atoms with Crippen molar-refractivity contribution in [3.8, 4) is 10.6 Å². The minimum absolute atomic E-state index is 0.0937. The van der Waals surface area contributed by atoms with E-state index in [1.807, 2.05) is 32.9 Å². The number of carboxylic acids is 1. The number of carbonyl (C=O) groups is 2. The Morgan fingerprint density at radius 1 is 1.23 bits per heavy atom. The van der Waals surface area contributed by atoms with Crippen LogP contribution in [0.25, 0.3) is 21.5 Å². The minimum Gasteiger partial charge on any atom is -0.477 e. The summed E-state index contributed by atoms with van der Waals surface area (Å²) in [5.74, 6) is -0.678. The molecule has 0 fully saturated rings. The average Bonchev–Trinajstić information content (AvgIpc) is 3.40. The quantitative estimate of drug-likeness (QED) is 0.398.